The zero-order chi connectivity index (χ0) is 17.0. The number of cyclic esters (lactones) is 1. The predicted octanol–water partition coefficient (Wildman–Crippen LogP) is 0.848. The maximum absolute atomic E-state index is 10.3. The van der Waals surface area contributed by atoms with Gasteiger partial charge in [0.15, 0.2) is 0 Å². The van der Waals surface area contributed by atoms with Gasteiger partial charge in [-0.2, -0.15) is 0 Å². The first-order valence-electron chi connectivity index (χ1n) is 5.44. The summed E-state index contributed by atoms with van der Waals surface area (Å²) in [5, 5.41) is 23.7. The van der Waals surface area contributed by atoms with Gasteiger partial charge in [-0.3, -0.25) is 4.79 Å². The summed E-state index contributed by atoms with van der Waals surface area (Å²) in [6.07, 6.45) is 1.04. The fourth-order valence-corrected chi connectivity index (χ4v) is 0.729. The Bertz CT molecular complexity index is 447. The molecule has 0 aromatic carbocycles. The van der Waals surface area contributed by atoms with Crippen LogP contribution in [0.15, 0.2) is 37.0 Å². The molecule has 116 valence electrons. The quantitative estimate of drug-likeness (QED) is 0.513. The van der Waals surface area contributed by atoms with Gasteiger partial charge in [0.25, 0.3) is 0 Å². The Morgan fingerprint density at radius 3 is 1.81 bits per heavy atom. The minimum absolute atomic E-state index is 0.236. The average Bonchev–Trinajstić information content (AvgIpc) is 2.74. The lowest BCUT2D eigenvalue weighted by Gasteiger charge is -1.91. The molecule has 1 heterocycles. The fourth-order valence-electron chi connectivity index (χ4n) is 0.729. The standard InChI is InChI=1S/C5H6O4.C5H6O2.C3H4O2/c1-3(5(8)9)2-4(6)7;1-4-2-3-7-5(4)6;1-2-3(4)5/h1-2H2,(H,6,7)(H,8,9);1-3H2;2H,1H2,(H,4,5). The Hall–Kier alpha value is -2.90. The highest BCUT2D eigenvalue weighted by Gasteiger charge is 2.14. The van der Waals surface area contributed by atoms with Crippen molar-refractivity contribution in [3.8, 4) is 0 Å². The molecule has 0 aromatic rings. The molecule has 0 amide bonds. The normalized spacial score (nSPS) is 11.8. The van der Waals surface area contributed by atoms with Gasteiger partial charge in [0, 0.05) is 23.6 Å². The summed E-state index contributed by atoms with van der Waals surface area (Å²) in [5.41, 5.74) is 0.294. The highest BCUT2D eigenvalue weighted by molar-refractivity contribution is 5.91. The van der Waals surface area contributed by atoms with Gasteiger partial charge in [0.2, 0.25) is 0 Å². The molecule has 0 radical (unpaired) electrons. The Labute approximate surface area is 120 Å². The summed E-state index contributed by atoms with van der Waals surface area (Å²) >= 11 is 0. The molecule has 8 nitrogen and oxygen atoms in total. The number of hydrogen-bond donors (Lipinski definition) is 3. The van der Waals surface area contributed by atoms with Crippen molar-refractivity contribution < 1.29 is 39.2 Å². The van der Waals surface area contributed by atoms with Crippen molar-refractivity contribution in [2.75, 3.05) is 6.61 Å². The lowest BCUT2D eigenvalue weighted by Crippen LogP contribution is -2.04. The Balaban J connectivity index is 0. The summed E-state index contributed by atoms with van der Waals surface area (Å²) in [4.78, 5) is 39.2. The van der Waals surface area contributed by atoms with E-state index < -0.39 is 24.3 Å². The molecule has 1 aliphatic heterocycles. The van der Waals surface area contributed by atoms with Crippen molar-refractivity contribution in [1.82, 2.24) is 0 Å². The topological polar surface area (TPSA) is 138 Å². The molecule has 1 fully saturated rings. The zero-order valence-corrected chi connectivity index (χ0v) is 11.2. The zero-order valence-electron chi connectivity index (χ0n) is 11.2. The summed E-state index contributed by atoms with van der Waals surface area (Å²) in [6, 6.07) is 0. The Morgan fingerprint density at radius 2 is 1.71 bits per heavy atom. The smallest absolute Gasteiger partial charge is 0.333 e. The van der Waals surface area contributed by atoms with Gasteiger partial charge >= 0.3 is 23.9 Å². The average molecular weight is 300 g/mol. The monoisotopic (exact) mass is 300 g/mol. The van der Waals surface area contributed by atoms with Gasteiger partial charge in [0.1, 0.15) is 0 Å². The number of ether oxygens (including phenoxy) is 1. The van der Waals surface area contributed by atoms with E-state index >= 15 is 0 Å². The third kappa shape index (κ3) is 13.3. The van der Waals surface area contributed by atoms with E-state index in [2.05, 4.69) is 24.5 Å². The molecule has 1 saturated heterocycles. The number of hydrogen-bond acceptors (Lipinski definition) is 5. The van der Waals surface area contributed by atoms with E-state index in [-0.39, 0.29) is 11.5 Å². The minimum atomic E-state index is -1.27. The third-order valence-corrected chi connectivity index (χ3v) is 1.77. The van der Waals surface area contributed by atoms with E-state index in [4.69, 9.17) is 15.3 Å². The van der Waals surface area contributed by atoms with E-state index in [1.54, 1.807) is 0 Å². The van der Waals surface area contributed by atoms with Crippen molar-refractivity contribution in [2.24, 2.45) is 0 Å². The van der Waals surface area contributed by atoms with E-state index in [0.29, 0.717) is 18.6 Å². The molecule has 21 heavy (non-hydrogen) atoms. The number of carbonyl (C=O) groups is 4. The Morgan fingerprint density at radius 1 is 1.24 bits per heavy atom. The fraction of sp³-hybridized carbons (Fsp3) is 0.231. The van der Waals surface area contributed by atoms with Gasteiger partial charge < -0.3 is 20.1 Å². The molecule has 0 bridgehead atoms. The van der Waals surface area contributed by atoms with Crippen LogP contribution in [0, 0.1) is 0 Å². The maximum Gasteiger partial charge on any atom is 0.333 e. The predicted molar refractivity (Wildman–Crippen MR) is 71.6 cm³/mol. The molecule has 3 N–H and O–H groups in total. The molecule has 0 atom stereocenters. The van der Waals surface area contributed by atoms with E-state index in [9.17, 15) is 19.2 Å². The van der Waals surface area contributed by atoms with E-state index in [1.807, 2.05) is 0 Å². The molecule has 8 heteroatoms. The van der Waals surface area contributed by atoms with Gasteiger partial charge in [-0.1, -0.05) is 19.7 Å². The van der Waals surface area contributed by atoms with Gasteiger partial charge in [0.05, 0.1) is 13.0 Å². The van der Waals surface area contributed by atoms with Crippen molar-refractivity contribution in [2.45, 2.75) is 12.8 Å². The SMILES string of the molecule is C=C(CC(=O)O)C(=O)O.C=C1CCOC1=O.C=CC(=O)O. The van der Waals surface area contributed by atoms with Crippen LogP contribution in [0.3, 0.4) is 0 Å². The molecule has 1 aliphatic rings. The van der Waals surface area contributed by atoms with Crippen LogP contribution in [-0.4, -0.2) is 45.8 Å². The van der Waals surface area contributed by atoms with Crippen molar-refractivity contribution >= 4 is 23.9 Å². The van der Waals surface area contributed by atoms with Gasteiger partial charge in [-0.25, -0.2) is 14.4 Å². The van der Waals surface area contributed by atoms with E-state index in [1.165, 1.54) is 0 Å². The number of carbonyl (C=O) groups excluding carboxylic acids is 1. The number of aliphatic carboxylic acids is 3. The molecule has 0 saturated carbocycles. The molecule has 0 unspecified atom stereocenters. The summed E-state index contributed by atoms with van der Waals surface area (Å²) in [7, 11) is 0. The first-order valence-corrected chi connectivity index (χ1v) is 5.44. The second-order valence-electron chi connectivity index (χ2n) is 3.51. The van der Waals surface area contributed by atoms with Crippen molar-refractivity contribution in [1.29, 1.82) is 0 Å². The van der Waals surface area contributed by atoms with Crippen LogP contribution in [0.5, 0.6) is 0 Å². The highest BCUT2D eigenvalue weighted by atomic mass is 16.5. The molecule has 0 spiro atoms. The summed E-state index contributed by atoms with van der Waals surface area (Å²) in [5.74, 6) is -3.66. The molecular weight excluding hydrogens is 284 g/mol. The van der Waals surface area contributed by atoms with E-state index in [0.717, 1.165) is 6.08 Å². The number of carboxylic acid groups (broad SMARTS) is 3. The third-order valence-electron chi connectivity index (χ3n) is 1.77. The van der Waals surface area contributed by atoms with Crippen LogP contribution in [0.25, 0.3) is 0 Å². The molecule has 1 rings (SSSR count). The number of rotatable bonds is 4. The lowest BCUT2D eigenvalue weighted by atomic mass is 10.2. The van der Waals surface area contributed by atoms with Gasteiger partial charge in [-0.05, 0) is 0 Å². The Kier molecular flexibility index (Phi) is 10.7. The molecule has 0 aliphatic carbocycles. The highest BCUT2D eigenvalue weighted by Crippen LogP contribution is 2.08. The second kappa shape index (κ2) is 11.0. The van der Waals surface area contributed by atoms with Crippen LogP contribution in [0.1, 0.15) is 12.8 Å². The van der Waals surface area contributed by atoms with Crippen LogP contribution in [0.2, 0.25) is 0 Å². The summed E-state index contributed by atoms with van der Waals surface area (Å²) in [6.45, 7) is 9.96. The van der Waals surface area contributed by atoms with Crippen LogP contribution in [-0.2, 0) is 23.9 Å². The van der Waals surface area contributed by atoms with Crippen molar-refractivity contribution in [3.05, 3.63) is 37.0 Å². The van der Waals surface area contributed by atoms with Crippen LogP contribution in [0.4, 0.5) is 0 Å². The summed E-state index contributed by atoms with van der Waals surface area (Å²) < 4.78 is 4.53. The lowest BCUT2D eigenvalue weighted by molar-refractivity contribution is -0.139. The largest absolute Gasteiger partial charge is 0.481 e. The van der Waals surface area contributed by atoms with Gasteiger partial charge in [-0.15, -0.1) is 0 Å². The van der Waals surface area contributed by atoms with Crippen LogP contribution < -0.4 is 0 Å². The van der Waals surface area contributed by atoms with Crippen molar-refractivity contribution in [3.63, 3.8) is 0 Å². The number of carboxylic acids is 3. The maximum atomic E-state index is 10.3. The first kappa shape index (κ1) is 20.4. The molecule has 0 aromatic heterocycles. The second-order valence-corrected chi connectivity index (χ2v) is 3.51. The number of esters is 1. The van der Waals surface area contributed by atoms with Crippen LogP contribution >= 0.6 is 0 Å². The minimum Gasteiger partial charge on any atom is -0.481 e. The molecular formula is C13H16O8. The first-order chi connectivity index (χ1) is 9.61.